The zero-order valence-electron chi connectivity index (χ0n) is 20.6. The maximum absolute atomic E-state index is 11.7. The number of nitrogens with one attached hydrogen (secondary N) is 3. The molecule has 37 heavy (non-hydrogen) atoms. The Kier molecular flexibility index (Phi) is 7.42. The molecule has 2 fully saturated rings. The number of nitrogens with zero attached hydrogens (tertiary/aromatic N) is 5. The summed E-state index contributed by atoms with van der Waals surface area (Å²) in [6.07, 6.45) is 11.5. The van der Waals surface area contributed by atoms with E-state index < -0.39 is 0 Å². The molecule has 2 aliphatic rings. The van der Waals surface area contributed by atoms with Crippen LogP contribution < -0.4 is 16.0 Å². The van der Waals surface area contributed by atoms with E-state index in [1.165, 1.54) is 6.08 Å². The van der Waals surface area contributed by atoms with Crippen molar-refractivity contribution in [3.63, 3.8) is 0 Å². The Morgan fingerprint density at radius 2 is 1.92 bits per heavy atom. The Hall–Kier alpha value is -4.23. The number of anilines is 3. The van der Waals surface area contributed by atoms with Crippen LogP contribution in [0.5, 0.6) is 0 Å². The number of hydrogen-bond acceptors (Lipinski definition) is 8. The van der Waals surface area contributed by atoms with E-state index >= 15 is 0 Å². The minimum atomic E-state index is -0.150. The molecule has 3 aromatic rings. The van der Waals surface area contributed by atoms with E-state index in [0.29, 0.717) is 23.4 Å². The number of ether oxygens (including phenoxy) is 1. The highest BCUT2D eigenvalue weighted by molar-refractivity contribution is 5.87. The van der Waals surface area contributed by atoms with E-state index in [1.807, 2.05) is 23.0 Å². The molecule has 190 valence electrons. The van der Waals surface area contributed by atoms with Gasteiger partial charge < -0.3 is 20.7 Å². The molecule has 3 heterocycles. The van der Waals surface area contributed by atoms with Crippen LogP contribution in [0, 0.1) is 11.3 Å². The van der Waals surface area contributed by atoms with Gasteiger partial charge in [-0.15, -0.1) is 0 Å². The quantitative estimate of drug-likeness (QED) is 0.398. The summed E-state index contributed by atoms with van der Waals surface area (Å²) in [5.74, 6) is 1.00. The summed E-state index contributed by atoms with van der Waals surface area (Å²) >= 11 is 0. The van der Waals surface area contributed by atoms with Crippen LogP contribution in [0.3, 0.4) is 0 Å². The minimum absolute atomic E-state index is 0.0980. The molecule has 1 saturated heterocycles. The Labute approximate surface area is 215 Å². The molecule has 1 aromatic carbocycles. The van der Waals surface area contributed by atoms with Gasteiger partial charge in [-0.05, 0) is 62.4 Å². The molecule has 3 N–H and O–H groups in total. The summed E-state index contributed by atoms with van der Waals surface area (Å²) in [4.78, 5) is 21.1. The maximum Gasteiger partial charge on any atom is 0.243 e. The second-order valence-corrected chi connectivity index (χ2v) is 9.39. The predicted molar refractivity (Wildman–Crippen MR) is 140 cm³/mol. The van der Waals surface area contributed by atoms with Crippen molar-refractivity contribution in [2.75, 3.05) is 23.8 Å². The van der Waals surface area contributed by atoms with Crippen molar-refractivity contribution in [2.45, 2.75) is 50.2 Å². The fraction of sp³-hybridized carbons (Fsp3) is 0.370. The van der Waals surface area contributed by atoms with Crippen LogP contribution in [0.15, 0.2) is 55.5 Å². The number of nitriles is 1. The smallest absolute Gasteiger partial charge is 0.243 e. The van der Waals surface area contributed by atoms with Crippen LogP contribution >= 0.6 is 0 Å². The zero-order chi connectivity index (χ0) is 25.6. The van der Waals surface area contributed by atoms with Crippen LogP contribution in [0.1, 0.15) is 43.7 Å². The summed E-state index contributed by atoms with van der Waals surface area (Å²) in [6, 6.07) is 9.83. The van der Waals surface area contributed by atoms with Gasteiger partial charge >= 0.3 is 0 Å². The lowest BCUT2D eigenvalue weighted by Crippen LogP contribution is -2.32. The van der Waals surface area contributed by atoms with Crippen molar-refractivity contribution in [3.8, 4) is 17.2 Å². The molecule has 0 spiro atoms. The highest BCUT2D eigenvalue weighted by atomic mass is 16.5. The third-order valence-electron chi connectivity index (χ3n) is 6.84. The third-order valence-corrected chi connectivity index (χ3v) is 6.84. The number of amides is 1. The summed E-state index contributed by atoms with van der Waals surface area (Å²) in [5.41, 5.74) is 3.18. The molecule has 5 rings (SSSR count). The summed E-state index contributed by atoms with van der Waals surface area (Å²) in [5, 5.41) is 23.5. The van der Waals surface area contributed by atoms with Gasteiger partial charge in [0.15, 0.2) is 0 Å². The number of rotatable bonds is 8. The normalized spacial score (nSPS) is 19.6. The highest BCUT2D eigenvalue weighted by Crippen LogP contribution is 2.32. The van der Waals surface area contributed by atoms with Crippen LogP contribution in [0.2, 0.25) is 0 Å². The van der Waals surface area contributed by atoms with Gasteiger partial charge in [-0.3, -0.25) is 9.48 Å². The third kappa shape index (κ3) is 5.95. The van der Waals surface area contributed by atoms with E-state index in [9.17, 15) is 4.79 Å². The van der Waals surface area contributed by atoms with Gasteiger partial charge in [-0.1, -0.05) is 6.58 Å². The molecule has 1 amide bonds. The number of carbonyl (C=O) groups excluding carboxylic acids is 1. The van der Waals surface area contributed by atoms with Gasteiger partial charge in [-0.2, -0.15) is 15.3 Å². The predicted octanol–water partition coefficient (Wildman–Crippen LogP) is 3.94. The number of hydrogen-bond donors (Lipinski definition) is 3. The summed E-state index contributed by atoms with van der Waals surface area (Å²) in [7, 11) is 0. The molecule has 2 unspecified atom stereocenters. The second-order valence-electron chi connectivity index (χ2n) is 9.39. The standard InChI is InChI=1S/C27H30N8O2/c1-2-25(36)31-21-7-8-22(13-21)32-26-24(19-15-30-35(17-19)23-9-11-37-12-10-23)16-29-27(34-26)33-20-5-3-18(14-28)4-6-20/h2-6,15-17,21-23H,1,7-13H2,(H,31,36)(H2,29,32,33,34). The van der Waals surface area contributed by atoms with Gasteiger partial charge in [0.05, 0.1) is 23.9 Å². The van der Waals surface area contributed by atoms with Crippen molar-refractivity contribution in [1.29, 1.82) is 5.26 Å². The molecule has 1 saturated carbocycles. The van der Waals surface area contributed by atoms with Gasteiger partial charge in [0.1, 0.15) is 5.82 Å². The molecule has 2 atom stereocenters. The molecule has 2 aromatic heterocycles. The average Bonchev–Trinajstić information content (AvgIpc) is 3.60. The average molecular weight is 499 g/mol. The van der Waals surface area contributed by atoms with Crippen molar-refractivity contribution >= 4 is 23.4 Å². The van der Waals surface area contributed by atoms with E-state index in [4.69, 9.17) is 15.0 Å². The van der Waals surface area contributed by atoms with Gasteiger partial charge in [0.25, 0.3) is 0 Å². The number of benzene rings is 1. The van der Waals surface area contributed by atoms with Crippen LogP contribution in [-0.2, 0) is 9.53 Å². The Morgan fingerprint density at radius 3 is 2.68 bits per heavy atom. The second kappa shape index (κ2) is 11.2. The minimum Gasteiger partial charge on any atom is -0.381 e. The Morgan fingerprint density at radius 1 is 1.14 bits per heavy atom. The first-order valence-corrected chi connectivity index (χ1v) is 12.6. The first-order chi connectivity index (χ1) is 18.1. The number of aromatic nitrogens is 4. The SMILES string of the molecule is C=CC(=O)NC1CCC(Nc2nc(Nc3ccc(C#N)cc3)ncc2-c2cnn(C3CCOCC3)c2)C1. The highest BCUT2D eigenvalue weighted by Gasteiger charge is 2.27. The van der Waals surface area contributed by atoms with E-state index in [1.54, 1.807) is 18.3 Å². The van der Waals surface area contributed by atoms with Crippen molar-refractivity contribution in [1.82, 2.24) is 25.1 Å². The van der Waals surface area contributed by atoms with Crippen LogP contribution in [-0.4, -0.2) is 51.0 Å². The monoisotopic (exact) mass is 498 g/mol. The Bertz CT molecular complexity index is 1290. The first-order valence-electron chi connectivity index (χ1n) is 12.6. The van der Waals surface area contributed by atoms with E-state index in [0.717, 1.165) is 62.1 Å². The summed E-state index contributed by atoms with van der Waals surface area (Å²) in [6.45, 7) is 5.04. The largest absolute Gasteiger partial charge is 0.381 e. The summed E-state index contributed by atoms with van der Waals surface area (Å²) < 4.78 is 7.51. The maximum atomic E-state index is 11.7. The molecule has 1 aliphatic carbocycles. The Balaban J connectivity index is 1.39. The van der Waals surface area contributed by atoms with Crippen molar-refractivity contribution in [3.05, 3.63) is 61.1 Å². The van der Waals surface area contributed by atoms with E-state index in [2.05, 4.69) is 44.9 Å². The molecular weight excluding hydrogens is 468 g/mol. The van der Waals surface area contributed by atoms with Crippen LogP contribution in [0.25, 0.3) is 11.1 Å². The lowest BCUT2D eigenvalue weighted by molar-refractivity contribution is -0.117. The zero-order valence-corrected chi connectivity index (χ0v) is 20.6. The molecule has 10 heteroatoms. The molecule has 0 radical (unpaired) electrons. The van der Waals surface area contributed by atoms with Gasteiger partial charge in [0.2, 0.25) is 11.9 Å². The lowest BCUT2D eigenvalue weighted by Gasteiger charge is -2.22. The fourth-order valence-electron chi connectivity index (χ4n) is 4.84. The number of carbonyl (C=O) groups is 1. The van der Waals surface area contributed by atoms with E-state index in [-0.39, 0.29) is 18.0 Å². The first kappa shape index (κ1) is 24.5. The molecular formula is C27H30N8O2. The van der Waals surface area contributed by atoms with Crippen molar-refractivity contribution in [2.24, 2.45) is 0 Å². The lowest BCUT2D eigenvalue weighted by atomic mass is 10.1. The van der Waals surface area contributed by atoms with Gasteiger partial charge in [0, 0.05) is 54.5 Å². The molecule has 0 bridgehead atoms. The molecule has 1 aliphatic heterocycles. The van der Waals surface area contributed by atoms with Gasteiger partial charge in [-0.25, -0.2) is 4.98 Å². The fourth-order valence-corrected chi connectivity index (χ4v) is 4.84. The molecule has 10 nitrogen and oxygen atoms in total. The topological polar surface area (TPSA) is 130 Å². The van der Waals surface area contributed by atoms with Crippen molar-refractivity contribution < 1.29 is 9.53 Å². The van der Waals surface area contributed by atoms with Crippen LogP contribution in [0.4, 0.5) is 17.5 Å².